The van der Waals surface area contributed by atoms with Gasteiger partial charge in [-0.15, -0.1) is 10.2 Å². The van der Waals surface area contributed by atoms with Gasteiger partial charge in [0.1, 0.15) is 11.6 Å². The second-order valence-corrected chi connectivity index (χ2v) is 4.50. The van der Waals surface area contributed by atoms with Gasteiger partial charge in [0.05, 0.1) is 6.61 Å². The molecule has 0 amide bonds. The average Bonchev–Trinajstić information content (AvgIpc) is 2.74. The van der Waals surface area contributed by atoms with Crippen LogP contribution < -0.4 is 0 Å². The predicted octanol–water partition coefficient (Wildman–Crippen LogP) is 1.51. The number of aromatic nitrogens is 3. The first-order valence-corrected chi connectivity index (χ1v) is 5.95. The molecule has 3 rings (SSSR count). The summed E-state index contributed by atoms with van der Waals surface area (Å²) in [6, 6.07) is 0. The highest BCUT2D eigenvalue weighted by molar-refractivity contribution is 5.05. The van der Waals surface area contributed by atoms with Gasteiger partial charge in [-0.3, -0.25) is 0 Å². The van der Waals surface area contributed by atoms with Gasteiger partial charge in [0.25, 0.3) is 0 Å². The molecule has 4 heteroatoms. The highest BCUT2D eigenvalue weighted by atomic mass is 16.5. The zero-order valence-corrected chi connectivity index (χ0v) is 8.98. The second kappa shape index (κ2) is 3.93. The summed E-state index contributed by atoms with van der Waals surface area (Å²) < 4.78 is 7.84. The normalized spacial score (nSPS) is 26.3. The van der Waals surface area contributed by atoms with E-state index in [4.69, 9.17) is 4.74 Å². The molecule has 1 saturated heterocycles. The molecule has 1 fully saturated rings. The van der Waals surface area contributed by atoms with Gasteiger partial charge in [-0.2, -0.15) is 0 Å². The van der Waals surface area contributed by atoms with Crippen molar-refractivity contribution in [2.45, 2.75) is 44.6 Å². The van der Waals surface area contributed by atoms with Crippen molar-refractivity contribution in [2.75, 3.05) is 13.2 Å². The first-order valence-electron chi connectivity index (χ1n) is 5.95. The molecule has 2 aliphatic heterocycles. The average molecular weight is 207 g/mol. The highest BCUT2D eigenvalue weighted by Gasteiger charge is 2.24. The molecule has 1 aromatic rings. The van der Waals surface area contributed by atoms with Crippen molar-refractivity contribution >= 4 is 0 Å². The molecule has 0 radical (unpaired) electrons. The number of nitrogens with zero attached hydrogens (tertiary/aromatic N) is 3. The molecule has 15 heavy (non-hydrogen) atoms. The summed E-state index contributed by atoms with van der Waals surface area (Å²) in [5.41, 5.74) is 0. The fourth-order valence-electron chi connectivity index (χ4n) is 2.58. The monoisotopic (exact) mass is 207 g/mol. The Morgan fingerprint density at radius 3 is 3.07 bits per heavy atom. The molecule has 0 N–H and O–H groups in total. The number of fused-ring (bicyclic) bond motifs is 1. The Kier molecular flexibility index (Phi) is 2.44. The summed E-state index contributed by atoms with van der Waals surface area (Å²) in [6.07, 6.45) is 6.00. The molecule has 3 heterocycles. The quantitative estimate of drug-likeness (QED) is 0.700. The summed E-state index contributed by atoms with van der Waals surface area (Å²) in [5, 5.41) is 8.64. The van der Waals surface area contributed by atoms with Gasteiger partial charge in [0, 0.05) is 25.5 Å². The predicted molar refractivity (Wildman–Crippen MR) is 55.8 cm³/mol. The molecule has 82 valence electrons. The highest BCUT2D eigenvalue weighted by Crippen LogP contribution is 2.26. The minimum absolute atomic E-state index is 0.484. The Bertz CT molecular complexity index is 342. The third-order valence-corrected chi connectivity index (χ3v) is 3.41. The molecule has 0 bridgehead atoms. The Morgan fingerprint density at radius 2 is 2.20 bits per heavy atom. The van der Waals surface area contributed by atoms with E-state index in [-0.39, 0.29) is 0 Å². The summed E-state index contributed by atoms with van der Waals surface area (Å²) in [4.78, 5) is 0. The van der Waals surface area contributed by atoms with E-state index < -0.39 is 0 Å². The van der Waals surface area contributed by atoms with Crippen LogP contribution in [0.5, 0.6) is 0 Å². The van der Waals surface area contributed by atoms with Gasteiger partial charge in [-0.05, 0) is 25.7 Å². The van der Waals surface area contributed by atoms with Gasteiger partial charge < -0.3 is 9.30 Å². The standard InChI is InChI=1S/C11H17N3O/c1-2-6-14-10(5-1)12-13-11(14)9-4-3-7-15-8-9/h9H,1-8H2. The first-order chi connectivity index (χ1) is 7.45. The summed E-state index contributed by atoms with van der Waals surface area (Å²) >= 11 is 0. The van der Waals surface area contributed by atoms with Crippen LogP contribution in [0, 0.1) is 0 Å². The van der Waals surface area contributed by atoms with E-state index in [1.54, 1.807) is 0 Å². The van der Waals surface area contributed by atoms with Crippen LogP contribution >= 0.6 is 0 Å². The number of aryl methyl sites for hydroxylation is 1. The van der Waals surface area contributed by atoms with Crippen LogP contribution in [0.15, 0.2) is 0 Å². The van der Waals surface area contributed by atoms with Crippen molar-refractivity contribution in [1.82, 2.24) is 14.8 Å². The van der Waals surface area contributed by atoms with Crippen LogP contribution in [-0.4, -0.2) is 28.0 Å². The number of hydrogen-bond acceptors (Lipinski definition) is 3. The molecule has 4 nitrogen and oxygen atoms in total. The van der Waals surface area contributed by atoms with Crippen LogP contribution in [-0.2, 0) is 17.7 Å². The molecule has 0 saturated carbocycles. The van der Waals surface area contributed by atoms with Crippen molar-refractivity contribution in [3.8, 4) is 0 Å². The number of hydrogen-bond donors (Lipinski definition) is 0. The van der Waals surface area contributed by atoms with Crippen molar-refractivity contribution in [1.29, 1.82) is 0 Å². The van der Waals surface area contributed by atoms with Crippen molar-refractivity contribution in [3.63, 3.8) is 0 Å². The second-order valence-electron chi connectivity index (χ2n) is 4.50. The topological polar surface area (TPSA) is 39.9 Å². The van der Waals surface area contributed by atoms with Crippen LogP contribution in [0.25, 0.3) is 0 Å². The Morgan fingerprint density at radius 1 is 1.20 bits per heavy atom. The van der Waals surface area contributed by atoms with E-state index >= 15 is 0 Å². The van der Waals surface area contributed by atoms with Crippen molar-refractivity contribution < 1.29 is 4.74 Å². The lowest BCUT2D eigenvalue weighted by atomic mass is 10.0. The summed E-state index contributed by atoms with van der Waals surface area (Å²) in [7, 11) is 0. The summed E-state index contributed by atoms with van der Waals surface area (Å²) in [5.74, 6) is 2.84. The van der Waals surface area contributed by atoms with Crippen LogP contribution in [0.3, 0.4) is 0 Å². The molecular weight excluding hydrogens is 190 g/mol. The largest absolute Gasteiger partial charge is 0.381 e. The lowest BCUT2D eigenvalue weighted by molar-refractivity contribution is 0.0767. The molecule has 2 aliphatic rings. The zero-order chi connectivity index (χ0) is 10.1. The van der Waals surface area contributed by atoms with Gasteiger partial charge >= 0.3 is 0 Å². The number of ether oxygens (including phenoxy) is 1. The van der Waals surface area contributed by atoms with Crippen LogP contribution in [0.4, 0.5) is 0 Å². The van der Waals surface area contributed by atoms with Crippen molar-refractivity contribution in [3.05, 3.63) is 11.6 Å². The maximum atomic E-state index is 5.52. The van der Waals surface area contributed by atoms with Crippen LogP contribution in [0.2, 0.25) is 0 Å². The SMILES string of the molecule is C1CCn2c(nnc2C2CCCOC2)C1. The van der Waals surface area contributed by atoms with Gasteiger partial charge in [0.2, 0.25) is 0 Å². The van der Waals surface area contributed by atoms with Crippen LogP contribution in [0.1, 0.15) is 43.3 Å². The zero-order valence-electron chi connectivity index (χ0n) is 8.98. The number of rotatable bonds is 1. The molecule has 1 aromatic heterocycles. The molecule has 0 aliphatic carbocycles. The van der Waals surface area contributed by atoms with E-state index in [2.05, 4.69) is 14.8 Å². The van der Waals surface area contributed by atoms with Gasteiger partial charge in [0.15, 0.2) is 0 Å². The third-order valence-electron chi connectivity index (χ3n) is 3.41. The Labute approximate surface area is 89.6 Å². The molecular formula is C11H17N3O. The molecule has 0 spiro atoms. The lowest BCUT2D eigenvalue weighted by Gasteiger charge is -2.23. The van der Waals surface area contributed by atoms with E-state index in [9.17, 15) is 0 Å². The minimum Gasteiger partial charge on any atom is -0.381 e. The van der Waals surface area contributed by atoms with E-state index in [0.29, 0.717) is 5.92 Å². The van der Waals surface area contributed by atoms with Gasteiger partial charge in [-0.1, -0.05) is 0 Å². The summed E-state index contributed by atoms with van der Waals surface area (Å²) in [6.45, 7) is 2.85. The third kappa shape index (κ3) is 1.67. The smallest absolute Gasteiger partial charge is 0.138 e. The van der Waals surface area contributed by atoms with E-state index in [0.717, 1.165) is 32.6 Å². The fraction of sp³-hybridized carbons (Fsp3) is 0.818. The van der Waals surface area contributed by atoms with Gasteiger partial charge in [-0.25, -0.2) is 0 Å². The van der Waals surface area contributed by atoms with E-state index in [1.165, 1.54) is 30.9 Å². The maximum absolute atomic E-state index is 5.52. The fourth-order valence-corrected chi connectivity index (χ4v) is 2.58. The molecule has 0 aromatic carbocycles. The maximum Gasteiger partial charge on any atom is 0.138 e. The van der Waals surface area contributed by atoms with Crippen molar-refractivity contribution in [2.24, 2.45) is 0 Å². The molecule has 1 unspecified atom stereocenters. The van der Waals surface area contributed by atoms with E-state index in [1.807, 2.05) is 0 Å². The first kappa shape index (κ1) is 9.33. The lowest BCUT2D eigenvalue weighted by Crippen LogP contribution is -2.21. The Hall–Kier alpha value is -0.900. The molecule has 1 atom stereocenters. The Balaban J connectivity index is 1.87. The minimum atomic E-state index is 0.484.